The number of carboxylic acid groups (broad SMARTS) is 1. The molecule has 208 valence electrons. The Hall–Kier alpha value is -4.47. The average molecular weight is 599 g/mol. The molecule has 0 aliphatic heterocycles. The van der Waals surface area contributed by atoms with Crippen LogP contribution in [0, 0.1) is 25.2 Å². The summed E-state index contributed by atoms with van der Waals surface area (Å²) in [5, 5.41) is 20.8. The number of aryl methyl sites for hydroxylation is 1. The zero-order chi connectivity index (χ0) is 29.6. The van der Waals surface area contributed by atoms with Crippen molar-refractivity contribution >= 4 is 50.0 Å². The Kier molecular flexibility index (Phi) is 7.19. The summed E-state index contributed by atoms with van der Waals surface area (Å²) in [5.41, 5.74) is -0.971. The maximum atomic E-state index is 13.5. The molecule has 0 unspecified atom stereocenters. The molecule has 0 atom stereocenters. The number of nitrogens with zero attached hydrogens (tertiary/aromatic N) is 4. The van der Waals surface area contributed by atoms with Crippen LogP contribution in [-0.2, 0) is 12.7 Å². The first-order valence-corrected chi connectivity index (χ1v) is 13.2. The van der Waals surface area contributed by atoms with Crippen LogP contribution in [0.2, 0.25) is 5.02 Å². The van der Waals surface area contributed by atoms with Gasteiger partial charge in [-0.2, -0.15) is 18.4 Å². The molecule has 0 saturated carbocycles. The summed E-state index contributed by atoms with van der Waals surface area (Å²) in [4.78, 5) is 33.4. The molecule has 3 heterocycles. The standard InChI is InChI=1S/C28H18ClF3N4O4S/c1-13-18(11-33)23-21(10-20(13)28(30,31)32)35-14(2)36(26(23)37)7-8-40-22-4-3-15(29)9-17(22)16-5-6-34-24-19(27(38)39)12-41-25(16)24/h3-6,9-10,12H,7-8H2,1-2H3,(H,38,39). The molecule has 0 amide bonds. The second-order valence-electron chi connectivity index (χ2n) is 9.02. The molecule has 0 radical (unpaired) electrons. The van der Waals surface area contributed by atoms with Crippen molar-refractivity contribution in [3.05, 3.63) is 85.4 Å². The maximum Gasteiger partial charge on any atom is 0.416 e. The summed E-state index contributed by atoms with van der Waals surface area (Å²) in [6, 6.07) is 9.16. The van der Waals surface area contributed by atoms with Crippen LogP contribution in [0.25, 0.3) is 32.2 Å². The van der Waals surface area contributed by atoms with Gasteiger partial charge in [0, 0.05) is 27.7 Å². The van der Waals surface area contributed by atoms with Crippen molar-refractivity contribution in [1.29, 1.82) is 5.26 Å². The lowest BCUT2D eigenvalue weighted by atomic mass is 9.98. The maximum absolute atomic E-state index is 13.5. The highest BCUT2D eigenvalue weighted by Gasteiger charge is 2.35. The molecule has 0 bridgehead atoms. The number of ether oxygens (including phenoxy) is 1. The Labute approximate surface area is 238 Å². The van der Waals surface area contributed by atoms with E-state index in [0.29, 0.717) is 32.1 Å². The van der Waals surface area contributed by atoms with Gasteiger partial charge in [0.15, 0.2) is 0 Å². The topological polar surface area (TPSA) is 118 Å². The van der Waals surface area contributed by atoms with Gasteiger partial charge < -0.3 is 9.84 Å². The monoisotopic (exact) mass is 598 g/mol. The van der Waals surface area contributed by atoms with E-state index >= 15 is 0 Å². The highest BCUT2D eigenvalue weighted by Crippen LogP contribution is 2.40. The third-order valence-electron chi connectivity index (χ3n) is 6.60. The highest BCUT2D eigenvalue weighted by molar-refractivity contribution is 7.18. The van der Waals surface area contributed by atoms with E-state index in [4.69, 9.17) is 16.3 Å². The van der Waals surface area contributed by atoms with E-state index in [2.05, 4.69) is 9.97 Å². The van der Waals surface area contributed by atoms with Crippen LogP contribution >= 0.6 is 22.9 Å². The molecule has 0 fully saturated rings. The first-order valence-electron chi connectivity index (χ1n) is 12.0. The number of carboxylic acids is 1. The summed E-state index contributed by atoms with van der Waals surface area (Å²) in [5.74, 6) is -0.549. The van der Waals surface area contributed by atoms with Crippen molar-refractivity contribution in [2.24, 2.45) is 0 Å². The number of rotatable bonds is 6. The number of aromatic carboxylic acids is 1. The number of benzene rings is 2. The largest absolute Gasteiger partial charge is 0.491 e. The van der Waals surface area contributed by atoms with Gasteiger partial charge in [-0.25, -0.2) is 9.78 Å². The Bertz CT molecular complexity index is 1980. The van der Waals surface area contributed by atoms with Gasteiger partial charge in [-0.15, -0.1) is 11.3 Å². The van der Waals surface area contributed by atoms with Crippen molar-refractivity contribution in [2.75, 3.05) is 6.61 Å². The average Bonchev–Trinajstić information content (AvgIpc) is 3.35. The zero-order valence-corrected chi connectivity index (χ0v) is 22.9. The van der Waals surface area contributed by atoms with Crippen LogP contribution in [-0.4, -0.2) is 32.2 Å². The summed E-state index contributed by atoms with van der Waals surface area (Å²) in [6.07, 6.45) is -3.22. The number of halogens is 4. The Morgan fingerprint density at radius 3 is 2.66 bits per heavy atom. The first kappa shape index (κ1) is 28.1. The quantitative estimate of drug-likeness (QED) is 0.234. The molecule has 41 heavy (non-hydrogen) atoms. The molecule has 0 saturated heterocycles. The Morgan fingerprint density at radius 1 is 1.22 bits per heavy atom. The number of fused-ring (bicyclic) bond motifs is 2. The second kappa shape index (κ2) is 10.5. The number of alkyl halides is 3. The molecule has 0 aliphatic carbocycles. The van der Waals surface area contributed by atoms with Gasteiger partial charge in [-0.1, -0.05) is 11.6 Å². The van der Waals surface area contributed by atoms with E-state index in [-0.39, 0.29) is 46.6 Å². The molecule has 0 spiro atoms. The molecule has 8 nitrogen and oxygen atoms in total. The lowest BCUT2D eigenvalue weighted by Gasteiger charge is -2.17. The third-order valence-corrected chi connectivity index (χ3v) is 7.84. The Morgan fingerprint density at radius 2 is 1.98 bits per heavy atom. The highest BCUT2D eigenvalue weighted by atomic mass is 35.5. The third kappa shape index (κ3) is 4.98. The van der Waals surface area contributed by atoms with Crippen LogP contribution in [0.15, 0.2) is 46.7 Å². The fourth-order valence-electron chi connectivity index (χ4n) is 4.67. The zero-order valence-electron chi connectivity index (χ0n) is 21.3. The van der Waals surface area contributed by atoms with Crippen molar-refractivity contribution in [3.63, 3.8) is 0 Å². The van der Waals surface area contributed by atoms with Crippen LogP contribution in [0.4, 0.5) is 13.2 Å². The van der Waals surface area contributed by atoms with Gasteiger partial charge in [0.2, 0.25) is 0 Å². The predicted octanol–water partition coefficient (Wildman–Crippen LogP) is 6.61. The fraction of sp³-hybridized carbons (Fsp3) is 0.179. The van der Waals surface area contributed by atoms with Crippen LogP contribution < -0.4 is 10.3 Å². The fourth-order valence-corrected chi connectivity index (χ4v) is 5.87. The number of thiophene rings is 1. The van der Waals surface area contributed by atoms with Gasteiger partial charge in [0.05, 0.1) is 44.4 Å². The number of aromatic nitrogens is 3. The molecule has 3 aromatic heterocycles. The van der Waals surface area contributed by atoms with E-state index in [1.54, 1.807) is 30.3 Å². The number of carbonyl (C=O) groups is 1. The molecule has 2 aromatic carbocycles. The smallest absolute Gasteiger partial charge is 0.416 e. The van der Waals surface area contributed by atoms with E-state index < -0.39 is 23.3 Å². The first-order chi connectivity index (χ1) is 19.4. The number of pyridine rings is 1. The van der Waals surface area contributed by atoms with Crippen LogP contribution in [0.5, 0.6) is 5.75 Å². The van der Waals surface area contributed by atoms with Crippen molar-refractivity contribution in [2.45, 2.75) is 26.6 Å². The van der Waals surface area contributed by atoms with Gasteiger partial charge in [0.1, 0.15) is 24.3 Å². The minimum absolute atomic E-state index is 0.0193. The number of hydrogen-bond donors (Lipinski definition) is 1. The molecular weight excluding hydrogens is 581 g/mol. The minimum Gasteiger partial charge on any atom is -0.491 e. The molecule has 5 rings (SSSR count). The van der Waals surface area contributed by atoms with Gasteiger partial charge >= 0.3 is 12.1 Å². The van der Waals surface area contributed by atoms with Crippen molar-refractivity contribution < 1.29 is 27.8 Å². The molecule has 1 N–H and O–H groups in total. The normalized spacial score (nSPS) is 11.6. The molecule has 0 aliphatic rings. The SMILES string of the molecule is Cc1c(C(F)(F)F)cc2nc(C)n(CCOc3ccc(Cl)cc3-c3ccnc4c(C(=O)O)csc34)c(=O)c2c1C#N. The van der Waals surface area contributed by atoms with Crippen LogP contribution in [0.3, 0.4) is 0 Å². The van der Waals surface area contributed by atoms with E-state index in [9.17, 15) is 33.1 Å². The summed E-state index contributed by atoms with van der Waals surface area (Å²) in [7, 11) is 0. The summed E-state index contributed by atoms with van der Waals surface area (Å²) >= 11 is 7.49. The predicted molar refractivity (Wildman–Crippen MR) is 148 cm³/mol. The van der Waals surface area contributed by atoms with E-state index in [1.807, 2.05) is 0 Å². The van der Waals surface area contributed by atoms with Crippen molar-refractivity contribution in [1.82, 2.24) is 14.5 Å². The molecule has 5 aromatic rings. The van der Waals surface area contributed by atoms with Crippen LogP contribution in [0.1, 0.15) is 32.9 Å². The van der Waals surface area contributed by atoms with Gasteiger partial charge in [-0.3, -0.25) is 14.3 Å². The van der Waals surface area contributed by atoms with E-state index in [1.165, 1.54) is 34.4 Å². The lowest BCUT2D eigenvalue weighted by molar-refractivity contribution is -0.138. The van der Waals surface area contributed by atoms with E-state index in [0.717, 1.165) is 13.0 Å². The summed E-state index contributed by atoms with van der Waals surface area (Å²) < 4.78 is 48.5. The molecular formula is C28H18ClF3N4O4S. The van der Waals surface area contributed by atoms with Gasteiger partial charge in [-0.05, 0) is 49.7 Å². The number of hydrogen-bond acceptors (Lipinski definition) is 7. The van der Waals surface area contributed by atoms with Crippen molar-refractivity contribution in [3.8, 4) is 22.9 Å². The molecule has 13 heteroatoms. The lowest BCUT2D eigenvalue weighted by Crippen LogP contribution is -2.27. The minimum atomic E-state index is -4.71. The second-order valence-corrected chi connectivity index (χ2v) is 10.3. The van der Waals surface area contributed by atoms with Gasteiger partial charge in [0.25, 0.3) is 5.56 Å². The number of nitriles is 1. The Balaban J connectivity index is 1.51. The summed E-state index contributed by atoms with van der Waals surface area (Å²) in [6.45, 7) is 2.58.